The Morgan fingerprint density at radius 3 is 2.65 bits per heavy atom. The van der Waals surface area contributed by atoms with Gasteiger partial charge in [0.05, 0.1) is 7.11 Å². The molecule has 1 aliphatic rings. The third-order valence-corrected chi connectivity index (χ3v) is 4.10. The number of nitrogens with zero attached hydrogens (tertiary/aromatic N) is 2. The van der Waals surface area contributed by atoms with Gasteiger partial charge < -0.3 is 15.0 Å². The first-order chi connectivity index (χ1) is 11.3. The largest absolute Gasteiger partial charge is 0.497 e. The number of aromatic nitrogens is 1. The minimum absolute atomic E-state index is 0.0774. The standard InChI is InChI=1S/C18H21N3O2/c1-23-17-6-4-15(5-7-17)20-16-3-2-12-21(13-16)18(22)14-8-10-19-11-9-14/h4-11,16,20H,2-3,12-13H2,1H3/t16-/m1/s1. The Morgan fingerprint density at radius 1 is 1.22 bits per heavy atom. The van der Waals surface area contributed by atoms with Crippen molar-refractivity contribution in [2.45, 2.75) is 18.9 Å². The van der Waals surface area contributed by atoms with Crippen molar-refractivity contribution >= 4 is 11.6 Å². The molecule has 120 valence electrons. The lowest BCUT2D eigenvalue weighted by Gasteiger charge is -2.33. The van der Waals surface area contributed by atoms with Crippen LogP contribution in [0.15, 0.2) is 48.8 Å². The summed E-state index contributed by atoms with van der Waals surface area (Å²) in [6.07, 6.45) is 5.38. The van der Waals surface area contributed by atoms with Crippen LogP contribution in [0.25, 0.3) is 0 Å². The van der Waals surface area contributed by atoms with Gasteiger partial charge in [0.15, 0.2) is 0 Å². The molecule has 5 heteroatoms. The maximum atomic E-state index is 12.5. The molecule has 0 aliphatic carbocycles. The van der Waals surface area contributed by atoms with Gasteiger partial charge in [-0.15, -0.1) is 0 Å². The first-order valence-corrected chi connectivity index (χ1v) is 7.86. The van der Waals surface area contributed by atoms with Crippen LogP contribution in [-0.4, -0.2) is 42.0 Å². The van der Waals surface area contributed by atoms with Crippen LogP contribution in [-0.2, 0) is 0 Å². The number of nitrogens with one attached hydrogen (secondary N) is 1. The van der Waals surface area contributed by atoms with E-state index in [2.05, 4.69) is 10.3 Å². The summed E-state index contributed by atoms with van der Waals surface area (Å²) >= 11 is 0. The molecule has 1 fully saturated rings. The van der Waals surface area contributed by atoms with Gasteiger partial charge in [0, 0.05) is 42.8 Å². The smallest absolute Gasteiger partial charge is 0.254 e. The molecule has 2 aromatic rings. The van der Waals surface area contributed by atoms with Crippen LogP contribution in [0.1, 0.15) is 23.2 Å². The number of hydrogen-bond donors (Lipinski definition) is 1. The number of carbonyl (C=O) groups excluding carboxylic acids is 1. The van der Waals surface area contributed by atoms with E-state index in [-0.39, 0.29) is 11.9 Å². The second-order valence-electron chi connectivity index (χ2n) is 5.70. The van der Waals surface area contributed by atoms with E-state index in [1.165, 1.54) is 0 Å². The lowest BCUT2D eigenvalue weighted by molar-refractivity contribution is 0.0714. The summed E-state index contributed by atoms with van der Waals surface area (Å²) in [4.78, 5) is 18.4. The van der Waals surface area contributed by atoms with Crippen LogP contribution in [0.3, 0.4) is 0 Å². The quantitative estimate of drug-likeness (QED) is 0.943. The van der Waals surface area contributed by atoms with Gasteiger partial charge in [0.25, 0.3) is 5.91 Å². The van der Waals surface area contributed by atoms with E-state index >= 15 is 0 Å². The number of ether oxygens (including phenoxy) is 1. The Kier molecular flexibility index (Phi) is 4.76. The first-order valence-electron chi connectivity index (χ1n) is 7.86. The molecule has 1 atom stereocenters. The maximum Gasteiger partial charge on any atom is 0.254 e. The number of methoxy groups -OCH3 is 1. The fraction of sp³-hybridized carbons (Fsp3) is 0.333. The molecule has 1 aliphatic heterocycles. The molecule has 0 unspecified atom stereocenters. The summed E-state index contributed by atoms with van der Waals surface area (Å²) in [7, 11) is 1.66. The number of benzene rings is 1. The zero-order valence-corrected chi connectivity index (χ0v) is 13.2. The normalized spacial score (nSPS) is 17.6. The molecule has 0 spiro atoms. The molecule has 1 N–H and O–H groups in total. The Balaban J connectivity index is 1.62. The molecule has 23 heavy (non-hydrogen) atoms. The fourth-order valence-electron chi connectivity index (χ4n) is 2.88. The van der Waals surface area contributed by atoms with Crippen LogP contribution in [0.4, 0.5) is 5.69 Å². The molecule has 0 bridgehead atoms. The van der Waals surface area contributed by atoms with Gasteiger partial charge in [-0.25, -0.2) is 0 Å². The number of amides is 1. The number of carbonyl (C=O) groups is 1. The van der Waals surface area contributed by atoms with Crippen molar-refractivity contribution in [3.8, 4) is 5.75 Å². The van der Waals surface area contributed by atoms with Crippen molar-refractivity contribution in [2.24, 2.45) is 0 Å². The van der Waals surface area contributed by atoms with Crippen molar-refractivity contribution in [3.05, 3.63) is 54.4 Å². The summed E-state index contributed by atoms with van der Waals surface area (Å²) in [5, 5.41) is 3.51. The Bertz CT molecular complexity index is 643. The number of piperidine rings is 1. The lowest BCUT2D eigenvalue weighted by atomic mass is 10.0. The average Bonchev–Trinajstić information content (AvgIpc) is 2.63. The van der Waals surface area contributed by atoms with Gasteiger partial charge >= 0.3 is 0 Å². The van der Waals surface area contributed by atoms with Gasteiger partial charge in [-0.1, -0.05) is 0 Å². The van der Waals surface area contributed by atoms with Crippen molar-refractivity contribution < 1.29 is 9.53 Å². The van der Waals surface area contributed by atoms with Crippen molar-refractivity contribution in [1.29, 1.82) is 0 Å². The van der Waals surface area contributed by atoms with Gasteiger partial charge in [-0.2, -0.15) is 0 Å². The van der Waals surface area contributed by atoms with Crippen LogP contribution in [0.2, 0.25) is 0 Å². The van der Waals surface area contributed by atoms with Gasteiger partial charge in [-0.3, -0.25) is 9.78 Å². The highest BCUT2D eigenvalue weighted by Crippen LogP contribution is 2.20. The van der Waals surface area contributed by atoms with E-state index in [0.29, 0.717) is 12.1 Å². The third-order valence-electron chi connectivity index (χ3n) is 4.10. The third kappa shape index (κ3) is 3.80. The molecule has 1 aromatic heterocycles. The van der Waals surface area contributed by atoms with E-state index < -0.39 is 0 Å². The Labute approximate surface area is 136 Å². The van der Waals surface area contributed by atoms with Crippen LogP contribution in [0.5, 0.6) is 5.75 Å². The zero-order valence-electron chi connectivity index (χ0n) is 13.2. The fourth-order valence-corrected chi connectivity index (χ4v) is 2.88. The molecule has 2 heterocycles. The second-order valence-corrected chi connectivity index (χ2v) is 5.70. The Morgan fingerprint density at radius 2 is 1.96 bits per heavy atom. The summed E-state index contributed by atoms with van der Waals surface area (Å²) in [6, 6.07) is 11.7. The molecule has 0 radical (unpaired) electrons. The predicted molar refractivity (Wildman–Crippen MR) is 89.8 cm³/mol. The summed E-state index contributed by atoms with van der Waals surface area (Å²) < 4.78 is 5.17. The SMILES string of the molecule is COc1ccc(N[C@@H]2CCCN(C(=O)c3ccncc3)C2)cc1. The molecule has 5 nitrogen and oxygen atoms in total. The number of likely N-dealkylation sites (tertiary alicyclic amines) is 1. The van der Waals surface area contributed by atoms with E-state index in [4.69, 9.17) is 4.74 Å². The minimum atomic E-state index is 0.0774. The van der Waals surface area contributed by atoms with Gasteiger partial charge in [0.1, 0.15) is 5.75 Å². The van der Waals surface area contributed by atoms with Gasteiger partial charge in [-0.05, 0) is 49.2 Å². The van der Waals surface area contributed by atoms with E-state index in [9.17, 15) is 4.79 Å². The topological polar surface area (TPSA) is 54.5 Å². The van der Waals surface area contributed by atoms with Gasteiger partial charge in [0.2, 0.25) is 0 Å². The summed E-state index contributed by atoms with van der Waals surface area (Å²) in [5.74, 6) is 0.919. The molecule has 3 rings (SSSR count). The summed E-state index contributed by atoms with van der Waals surface area (Å²) in [6.45, 7) is 1.52. The molecule has 1 aromatic carbocycles. The molecule has 1 saturated heterocycles. The molecular formula is C18H21N3O2. The number of rotatable bonds is 4. The lowest BCUT2D eigenvalue weighted by Crippen LogP contribution is -2.45. The Hall–Kier alpha value is -2.56. The molecule has 0 saturated carbocycles. The highest BCUT2D eigenvalue weighted by molar-refractivity contribution is 5.94. The average molecular weight is 311 g/mol. The minimum Gasteiger partial charge on any atom is -0.497 e. The molecule has 1 amide bonds. The van der Waals surface area contributed by atoms with Crippen molar-refractivity contribution in [1.82, 2.24) is 9.88 Å². The number of anilines is 1. The first kappa shape index (κ1) is 15.3. The summed E-state index contributed by atoms with van der Waals surface area (Å²) in [5.41, 5.74) is 1.75. The van der Waals surface area contributed by atoms with E-state index in [1.54, 1.807) is 31.6 Å². The van der Waals surface area contributed by atoms with Crippen molar-refractivity contribution in [3.63, 3.8) is 0 Å². The van der Waals surface area contributed by atoms with E-state index in [1.807, 2.05) is 29.2 Å². The van der Waals surface area contributed by atoms with Crippen LogP contribution < -0.4 is 10.1 Å². The number of hydrogen-bond acceptors (Lipinski definition) is 4. The van der Waals surface area contributed by atoms with Crippen molar-refractivity contribution in [2.75, 3.05) is 25.5 Å². The maximum absolute atomic E-state index is 12.5. The highest BCUT2D eigenvalue weighted by Gasteiger charge is 2.24. The number of pyridine rings is 1. The van der Waals surface area contributed by atoms with Crippen LogP contribution in [0, 0.1) is 0 Å². The highest BCUT2D eigenvalue weighted by atomic mass is 16.5. The predicted octanol–water partition coefficient (Wildman–Crippen LogP) is 2.81. The van der Waals surface area contributed by atoms with Crippen LogP contribution >= 0.6 is 0 Å². The van der Waals surface area contributed by atoms with E-state index in [0.717, 1.165) is 30.8 Å². The zero-order chi connectivity index (χ0) is 16.1. The second kappa shape index (κ2) is 7.13. The monoisotopic (exact) mass is 311 g/mol. The molecular weight excluding hydrogens is 290 g/mol.